The van der Waals surface area contributed by atoms with E-state index in [1.807, 2.05) is 18.2 Å². The number of piperazine rings is 1. The van der Waals surface area contributed by atoms with Crippen LogP contribution in [0, 0.1) is 5.82 Å². The fourth-order valence-corrected chi connectivity index (χ4v) is 2.98. The Morgan fingerprint density at radius 3 is 2.64 bits per heavy atom. The molecule has 1 aliphatic rings. The van der Waals surface area contributed by atoms with Gasteiger partial charge in [0.15, 0.2) is 6.10 Å². The number of carbonyl (C=O) groups excluding carboxylic acids is 1. The van der Waals surface area contributed by atoms with Crippen molar-refractivity contribution in [1.82, 2.24) is 9.88 Å². The lowest BCUT2D eigenvalue weighted by Gasteiger charge is -2.36. The van der Waals surface area contributed by atoms with Crippen LogP contribution in [0.4, 0.5) is 10.2 Å². The number of benzene rings is 1. The zero-order chi connectivity index (χ0) is 17.8. The molecule has 0 saturated carbocycles. The Morgan fingerprint density at radius 1 is 1.24 bits per heavy atom. The minimum atomic E-state index is -0.690. The lowest BCUT2D eigenvalue weighted by atomic mass is 10.2. The van der Waals surface area contributed by atoms with Crippen LogP contribution in [0.25, 0.3) is 0 Å². The first kappa shape index (κ1) is 17.5. The van der Waals surface area contributed by atoms with Crippen LogP contribution in [0.2, 0.25) is 5.02 Å². The molecular weight excluding hydrogens is 345 g/mol. The molecule has 1 fully saturated rings. The molecule has 25 heavy (non-hydrogen) atoms. The predicted molar refractivity (Wildman–Crippen MR) is 94.5 cm³/mol. The van der Waals surface area contributed by atoms with Crippen molar-refractivity contribution >= 4 is 23.3 Å². The highest BCUT2D eigenvalue weighted by atomic mass is 35.5. The maximum absolute atomic E-state index is 13.1. The van der Waals surface area contributed by atoms with E-state index >= 15 is 0 Å². The first-order valence-corrected chi connectivity index (χ1v) is 8.49. The molecule has 2 heterocycles. The highest BCUT2D eigenvalue weighted by molar-refractivity contribution is 6.32. The molecule has 0 aliphatic carbocycles. The molecule has 3 rings (SSSR count). The van der Waals surface area contributed by atoms with Gasteiger partial charge in [0.2, 0.25) is 0 Å². The van der Waals surface area contributed by atoms with Gasteiger partial charge in [0.1, 0.15) is 17.4 Å². The number of pyridine rings is 1. The summed E-state index contributed by atoms with van der Waals surface area (Å²) in [4.78, 5) is 20.8. The van der Waals surface area contributed by atoms with Crippen LogP contribution in [-0.2, 0) is 4.79 Å². The van der Waals surface area contributed by atoms with Gasteiger partial charge in [-0.25, -0.2) is 9.37 Å². The number of hydrogen-bond acceptors (Lipinski definition) is 4. The highest BCUT2D eigenvalue weighted by Gasteiger charge is 2.26. The number of aromatic nitrogens is 1. The molecule has 2 aromatic rings. The summed E-state index contributed by atoms with van der Waals surface area (Å²) in [5.74, 6) is 0.663. The van der Waals surface area contributed by atoms with Crippen LogP contribution in [-0.4, -0.2) is 48.1 Å². The zero-order valence-corrected chi connectivity index (χ0v) is 14.6. The Kier molecular flexibility index (Phi) is 5.38. The van der Waals surface area contributed by atoms with Gasteiger partial charge in [0.05, 0.1) is 5.02 Å². The smallest absolute Gasteiger partial charge is 0.263 e. The average molecular weight is 364 g/mol. The second-order valence-electron chi connectivity index (χ2n) is 5.84. The maximum Gasteiger partial charge on any atom is 0.263 e. The second kappa shape index (κ2) is 7.70. The fraction of sp³-hybridized carbons (Fsp3) is 0.333. The molecule has 1 aromatic carbocycles. The second-order valence-corrected chi connectivity index (χ2v) is 6.24. The lowest BCUT2D eigenvalue weighted by molar-refractivity contribution is -0.138. The van der Waals surface area contributed by atoms with Crippen molar-refractivity contribution in [3.8, 4) is 5.75 Å². The van der Waals surface area contributed by atoms with Gasteiger partial charge in [0.25, 0.3) is 5.91 Å². The first-order valence-electron chi connectivity index (χ1n) is 8.11. The number of carbonyl (C=O) groups is 1. The van der Waals surface area contributed by atoms with Gasteiger partial charge in [0, 0.05) is 32.4 Å². The summed E-state index contributed by atoms with van der Waals surface area (Å²) in [7, 11) is 0. The van der Waals surface area contributed by atoms with E-state index in [1.165, 1.54) is 18.2 Å². The minimum absolute atomic E-state index is 0.110. The molecule has 1 aliphatic heterocycles. The van der Waals surface area contributed by atoms with Crippen molar-refractivity contribution < 1.29 is 13.9 Å². The Hall–Kier alpha value is -2.34. The van der Waals surface area contributed by atoms with E-state index in [2.05, 4.69) is 9.88 Å². The van der Waals surface area contributed by atoms with Crippen LogP contribution >= 0.6 is 11.6 Å². The van der Waals surface area contributed by atoms with E-state index in [9.17, 15) is 9.18 Å². The number of ether oxygens (including phenoxy) is 1. The van der Waals surface area contributed by atoms with E-state index in [-0.39, 0.29) is 10.9 Å². The summed E-state index contributed by atoms with van der Waals surface area (Å²) in [6, 6.07) is 9.63. The van der Waals surface area contributed by atoms with Gasteiger partial charge in [-0.15, -0.1) is 0 Å². The van der Waals surface area contributed by atoms with E-state index < -0.39 is 11.9 Å². The maximum atomic E-state index is 13.1. The largest absolute Gasteiger partial charge is 0.479 e. The highest BCUT2D eigenvalue weighted by Crippen LogP contribution is 2.26. The molecular formula is C18H19ClFN3O2. The van der Waals surface area contributed by atoms with Gasteiger partial charge in [-0.1, -0.05) is 17.7 Å². The number of amides is 1. The van der Waals surface area contributed by atoms with E-state index in [1.54, 1.807) is 18.0 Å². The van der Waals surface area contributed by atoms with Crippen molar-refractivity contribution in [3.05, 3.63) is 53.4 Å². The summed E-state index contributed by atoms with van der Waals surface area (Å²) in [6.45, 7) is 4.30. The summed E-state index contributed by atoms with van der Waals surface area (Å²) in [5.41, 5.74) is 0. The molecule has 7 heteroatoms. The van der Waals surface area contributed by atoms with Crippen LogP contribution in [0.5, 0.6) is 5.75 Å². The normalized spacial score (nSPS) is 15.8. The van der Waals surface area contributed by atoms with Gasteiger partial charge in [-0.3, -0.25) is 4.79 Å². The molecule has 0 N–H and O–H groups in total. The molecule has 132 valence electrons. The Morgan fingerprint density at radius 2 is 2.00 bits per heavy atom. The van der Waals surface area contributed by atoms with Crippen molar-refractivity contribution in [2.45, 2.75) is 13.0 Å². The molecule has 1 aromatic heterocycles. The monoisotopic (exact) mass is 363 g/mol. The molecule has 0 spiro atoms. The van der Waals surface area contributed by atoms with E-state index in [0.717, 1.165) is 5.82 Å². The Bertz CT molecular complexity index is 736. The quantitative estimate of drug-likeness (QED) is 0.837. The SMILES string of the molecule is C[C@H](Oc1ccc(F)cc1Cl)C(=O)N1CCN(c2ccccn2)CC1. The summed E-state index contributed by atoms with van der Waals surface area (Å²) in [6.07, 6.45) is 1.07. The van der Waals surface area contributed by atoms with Gasteiger partial charge >= 0.3 is 0 Å². The third-order valence-electron chi connectivity index (χ3n) is 4.11. The van der Waals surface area contributed by atoms with Crippen LogP contribution in [0.3, 0.4) is 0 Å². The van der Waals surface area contributed by atoms with Crippen molar-refractivity contribution in [2.24, 2.45) is 0 Å². The number of hydrogen-bond donors (Lipinski definition) is 0. The third kappa shape index (κ3) is 4.20. The standard InChI is InChI=1S/C18H19ClFN3O2/c1-13(25-16-6-5-14(20)12-15(16)19)18(24)23-10-8-22(9-11-23)17-4-2-3-7-21-17/h2-7,12-13H,8-11H2,1H3/t13-/m0/s1. The lowest BCUT2D eigenvalue weighted by Crippen LogP contribution is -2.52. The van der Waals surface area contributed by atoms with Crippen molar-refractivity contribution in [1.29, 1.82) is 0 Å². The topological polar surface area (TPSA) is 45.7 Å². The fourth-order valence-electron chi connectivity index (χ4n) is 2.77. The number of rotatable bonds is 4. The molecule has 0 bridgehead atoms. The summed E-state index contributed by atoms with van der Waals surface area (Å²) >= 11 is 5.95. The first-order chi connectivity index (χ1) is 12.0. The molecule has 5 nitrogen and oxygen atoms in total. The van der Waals surface area contributed by atoms with Crippen molar-refractivity contribution in [3.63, 3.8) is 0 Å². The zero-order valence-electron chi connectivity index (χ0n) is 13.9. The predicted octanol–water partition coefficient (Wildman–Crippen LogP) is 2.99. The van der Waals surface area contributed by atoms with Crippen LogP contribution in [0.15, 0.2) is 42.6 Å². The number of halogens is 2. The summed E-state index contributed by atoms with van der Waals surface area (Å²) < 4.78 is 18.7. The van der Waals surface area contributed by atoms with Crippen LogP contribution in [0.1, 0.15) is 6.92 Å². The van der Waals surface area contributed by atoms with E-state index in [0.29, 0.717) is 31.9 Å². The Labute approximate surface area is 151 Å². The van der Waals surface area contributed by atoms with E-state index in [4.69, 9.17) is 16.3 Å². The molecule has 1 atom stereocenters. The number of nitrogens with zero attached hydrogens (tertiary/aromatic N) is 3. The van der Waals surface area contributed by atoms with Crippen molar-refractivity contribution in [2.75, 3.05) is 31.1 Å². The van der Waals surface area contributed by atoms with Crippen LogP contribution < -0.4 is 9.64 Å². The summed E-state index contributed by atoms with van der Waals surface area (Å²) in [5, 5.41) is 0.152. The number of anilines is 1. The average Bonchev–Trinajstić information content (AvgIpc) is 2.64. The third-order valence-corrected chi connectivity index (χ3v) is 4.41. The molecule has 0 unspecified atom stereocenters. The molecule has 1 amide bonds. The molecule has 1 saturated heterocycles. The van der Waals surface area contributed by atoms with Gasteiger partial charge in [-0.05, 0) is 37.3 Å². The Balaban J connectivity index is 1.56. The van der Waals surface area contributed by atoms with Gasteiger partial charge in [-0.2, -0.15) is 0 Å². The minimum Gasteiger partial charge on any atom is -0.479 e. The molecule has 0 radical (unpaired) electrons. The van der Waals surface area contributed by atoms with Gasteiger partial charge < -0.3 is 14.5 Å².